The number of para-hydroxylation sites is 2. The predicted molar refractivity (Wildman–Crippen MR) is 78.1 cm³/mol. The molecule has 2 N–H and O–H groups in total. The number of phenols is 1. The Morgan fingerprint density at radius 2 is 2.00 bits per heavy atom. The summed E-state index contributed by atoms with van der Waals surface area (Å²) in [6, 6.07) is 12.2. The molecule has 1 heterocycles. The first-order chi connectivity index (χ1) is 10.2. The van der Waals surface area contributed by atoms with E-state index in [1.807, 2.05) is 23.1 Å². The molecule has 0 aliphatic carbocycles. The summed E-state index contributed by atoms with van der Waals surface area (Å²) in [4.78, 5) is 13.3. The van der Waals surface area contributed by atoms with Crippen molar-refractivity contribution in [3.05, 3.63) is 53.6 Å². The largest absolute Gasteiger partial charge is 0.508 e. The Balaban J connectivity index is 1.96. The van der Waals surface area contributed by atoms with E-state index < -0.39 is 5.97 Å². The van der Waals surface area contributed by atoms with Crippen LogP contribution in [0.4, 0.5) is 5.69 Å². The van der Waals surface area contributed by atoms with Crippen molar-refractivity contribution in [3.8, 4) is 11.5 Å². The van der Waals surface area contributed by atoms with E-state index in [4.69, 9.17) is 4.74 Å². The lowest BCUT2D eigenvalue weighted by Crippen LogP contribution is -2.32. The van der Waals surface area contributed by atoms with Crippen LogP contribution in [0.25, 0.3) is 0 Å². The fourth-order valence-electron chi connectivity index (χ4n) is 2.49. The topological polar surface area (TPSA) is 70.0 Å². The quantitative estimate of drug-likeness (QED) is 0.906. The van der Waals surface area contributed by atoms with Crippen LogP contribution >= 0.6 is 0 Å². The molecule has 1 aliphatic heterocycles. The number of anilines is 1. The highest BCUT2D eigenvalue weighted by atomic mass is 16.5. The van der Waals surface area contributed by atoms with Crippen LogP contribution in [0.2, 0.25) is 0 Å². The zero-order chi connectivity index (χ0) is 14.8. The maximum Gasteiger partial charge on any atom is 0.339 e. The second kappa shape index (κ2) is 5.36. The smallest absolute Gasteiger partial charge is 0.339 e. The maximum absolute atomic E-state index is 11.3. The summed E-state index contributed by atoms with van der Waals surface area (Å²) in [5.74, 6) is -0.372. The van der Waals surface area contributed by atoms with Gasteiger partial charge in [-0.15, -0.1) is 0 Å². The van der Waals surface area contributed by atoms with Crippen molar-refractivity contribution in [1.82, 2.24) is 0 Å². The molecule has 2 aromatic rings. The third kappa shape index (κ3) is 2.50. The first-order valence-electron chi connectivity index (χ1n) is 6.68. The van der Waals surface area contributed by atoms with Crippen LogP contribution < -0.4 is 9.64 Å². The molecular formula is C16H15NO4. The van der Waals surface area contributed by atoms with E-state index in [-0.39, 0.29) is 11.3 Å². The minimum atomic E-state index is -1.00. The van der Waals surface area contributed by atoms with Crippen molar-refractivity contribution < 1.29 is 19.7 Å². The first kappa shape index (κ1) is 13.3. The van der Waals surface area contributed by atoms with Gasteiger partial charge in [-0.1, -0.05) is 24.3 Å². The molecule has 3 rings (SSSR count). The summed E-state index contributed by atoms with van der Waals surface area (Å²) in [5.41, 5.74) is 1.70. The molecule has 108 valence electrons. The van der Waals surface area contributed by atoms with Gasteiger partial charge in [-0.05, 0) is 18.2 Å². The molecule has 0 saturated heterocycles. The third-order valence-electron chi connectivity index (χ3n) is 3.53. The Labute approximate surface area is 122 Å². The number of hydrogen-bond acceptors (Lipinski definition) is 4. The lowest BCUT2D eigenvalue weighted by atomic mass is 10.1. The number of fused-ring (bicyclic) bond motifs is 1. The summed E-state index contributed by atoms with van der Waals surface area (Å²) < 4.78 is 5.53. The van der Waals surface area contributed by atoms with Gasteiger partial charge in [0.1, 0.15) is 17.9 Å². The van der Waals surface area contributed by atoms with Gasteiger partial charge in [-0.3, -0.25) is 0 Å². The van der Waals surface area contributed by atoms with Gasteiger partial charge in [0, 0.05) is 12.1 Å². The zero-order valence-electron chi connectivity index (χ0n) is 11.3. The summed E-state index contributed by atoms with van der Waals surface area (Å²) in [7, 11) is 0. The van der Waals surface area contributed by atoms with Crippen LogP contribution in [0.3, 0.4) is 0 Å². The van der Waals surface area contributed by atoms with Gasteiger partial charge in [-0.2, -0.15) is 0 Å². The van der Waals surface area contributed by atoms with Crippen molar-refractivity contribution in [1.29, 1.82) is 0 Å². The number of carbonyl (C=O) groups is 1. The number of carboxylic acid groups (broad SMARTS) is 1. The minimum absolute atomic E-state index is 0.162. The Morgan fingerprint density at radius 3 is 2.76 bits per heavy atom. The molecule has 0 amide bonds. The van der Waals surface area contributed by atoms with Crippen LogP contribution in [0.5, 0.6) is 11.5 Å². The number of aromatic carboxylic acids is 1. The number of phenolic OH excluding ortho intramolecular Hbond substituents is 1. The molecule has 0 aromatic heterocycles. The lowest BCUT2D eigenvalue weighted by Gasteiger charge is -2.32. The van der Waals surface area contributed by atoms with E-state index in [9.17, 15) is 15.0 Å². The van der Waals surface area contributed by atoms with E-state index in [1.54, 1.807) is 18.2 Å². The lowest BCUT2D eigenvalue weighted by molar-refractivity contribution is 0.0692. The van der Waals surface area contributed by atoms with Crippen molar-refractivity contribution >= 4 is 11.7 Å². The standard InChI is InChI=1S/C16H15NO4/c18-14-7-2-1-4-11(14)10-17-8-9-21-15-12(16(19)20)5-3-6-13(15)17/h1-7,18H,8-10H2,(H,19,20). The highest BCUT2D eigenvalue weighted by Crippen LogP contribution is 2.36. The van der Waals surface area contributed by atoms with Gasteiger partial charge in [-0.25, -0.2) is 4.79 Å². The second-order valence-electron chi connectivity index (χ2n) is 4.86. The van der Waals surface area contributed by atoms with Crippen LogP contribution in [0.1, 0.15) is 15.9 Å². The predicted octanol–water partition coefficient (Wildman–Crippen LogP) is 2.49. The third-order valence-corrected chi connectivity index (χ3v) is 3.53. The Bertz CT molecular complexity index is 684. The number of hydrogen-bond donors (Lipinski definition) is 2. The average molecular weight is 285 g/mol. The second-order valence-corrected chi connectivity index (χ2v) is 4.86. The molecule has 2 aromatic carbocycles. The number of carboxylic acids is 1. The van der Waals surface area contributed by atoms with Crippen LogP contribution in [-0.2, 0) is 6.54 Å². The van der Waals surface area contributed by atoms with Gasteiger partial charge < -0.3 is 19.8 Å². The number of rotatable bonds is 3. The van der Waals surface area contributed by atoms with Crippen molar-refractivity contribution in [3.63, 3.8) is 0 Å². The van der Waals surface area contributed by atoms with Crippen molar-refractivity contribution in [2.24, 2.45) is 0 Å². The minimum Gasteiger partial charge on any atom is -0.508 e. The monoisotopic (exact) mass is 285 g/mol. The normalized spacial score (nSPS) is 13.4. The zero-order valence-corrected chi connectivity index (χ0v) is 11.3. The van der Waals surface area contributed by atoms with Crippen LogP contribution in [0.15, 0.2) is 42.5 Å². The highest BCUT2D eigenvalue weighted by Gasteiger charge is 2.24. The highest BCUT2D eigenvalue weighted by molar-refractivity contribution is 5.93. The first-order valence-corrected chi connectivity index (χ1v) is 6.68. The van der Waals surface area contributed by atoms with E-state index in [2.05, 4.69) is 0 Å². The SMILES string of the molecule is O=C(O)c1cccc2c1OCCN2Cc1ccccc1O. The molecule has 0 atom stereocenters. The number of benzene rings is 2. The molecule has 0 fully saturated rings. The molecule has 1 aliphatic rings. The van der Waals surface area contributed by atoms with Gasteiger partial charge in [0.05, 0.1) is 12.2 Å². The molecular weight excluding hydrogens is 270 g/mol. The molecule has 0 unspecified atom stereocenters. The fourth-order valence-corrected chi connectivity index (χ4v) is 2.49. The summed E-state index contributed by atoms with van der Waals surface area (Å²) in [5, 5.41) is 19.1. The van der Waals surface area contributed by atoms with Gasteiger partial charge in [0.2, 0.25) is 0 Å². The summed E-state index contributed by atoms with van der Waals surface area (Å²) >= 11 is 0. The van der Waals surface area contributed by atoms with Crippen LogP contribution in [0, 0.1) is 0 Å². The number of aromatic hydroxyl groups is 1. The number of ether oxygens (including phenoxy) is 1. The van der Waals surface area contributed by atoms with E-state index in [0.29, 0.717) is 25.4 Å². The average Bonchev–Trinajstić information content (AvgIpc) is 2.49. The Morgan fingerprint density at radius 1 is 1.19 bits per heavy atom. The van der Waals surface area contributed by atoms with E-state index >= 15 is 0 Å². The molecule has 0 radical (unpaired) electrons. The number of nitrogens with zero attached hydrogens (tertiary/aromatic N) is 1. The van der Waals surface area contributed by atoms with E-state index in [1.165, 1.54) is 6.07 Å². The molecule has 5 nitrogen and oxygen atoms in total. The van der Waals surface area contributed by atoms with Gasteiger partial charge >= 0.3 is 5.97 Å². The van der Waals surface area contributed by atoms with Gasteiger partial charge in [0.25, 0.3) is 0 Å². The molecule has 0 bridgehead atoms. The summed E-state index contributed by atoms with van der Waals surface area (Å²) in [6.45, 7) is 1.57. The molecule has 21 heavy (non-hydrogen) atoms. The Kier molecular flexibility index (Phi) is 3.39. The Hall–Kier alpha value is -2.69. The van der Waals surface area contributed by atoms with Crippen molar-refractivity contribution in [2.45, 2.75) is 6.54 Å². The van der Waals surface area contributed by atoms with Crippen molar-refractivity contribution in [2.75, 3.05) is 18.1 Å². The maximum atomic E-state index is 11.3. The molecule has 0 spiro atoms. The van der Waals surface area contributed by atoms with Gasteiger partial charge in [0.15, 0.2) is 5.75 Å². The summed E-state index contributed by atoms with van der Waals surface area (Å²) in [6.07, 6.45) is 0. The van der Waals surface area contributed by atoms with Crippen LogP contribution in [-0.4, -0.2) is 29.3 Å². The molecule has 0 saturated carbocycles. The molecule has 5 heteroatoms. The fraction of sp³-hybridized carbons (Fsp3) is 0.188. The van der Waals surface area contributed by atoms with E-state index in [0.717, 1.165) is 11.3 Å².